The molecule has 3 heterocycles. The molecule has 1 aliphatic heterocycles. The summed E-state index contributed by atoms with van der Waals surface area (Å²) in [5.41, 5.74) is 3.70. The molecule has 4 rings (SSSR count). The van der Waals surface area contributed by atoms with Gasteiger partial charge in [0.05, 0.1) is 11.9 Å². The van der Waals surface area contributed by atoms with Crippen molar-refractivity contribution in [1.82, 2.24) is 19.7 Å². The standard InChI is InChI=1S/C23H25N5O2/c1-16-7-10-24-21(13-16)26-22(29)18-8-11-27(12-9-18)23(30)19-3-5-20(6-4-19)28-15-17(2)14-25-28/h3-7,10,13-15,18H,8-9,11-12H2,1-2H3,(H,24,26,29). The van der Waals surface area contributed by atoms with Crippen molar-refractivity contribution in [3.05, 3.63) is 71.7 Å². The van der Waals surface area contributed by atoms with E-state index in [0.717, 1.165) is 16.8 Å². The van der Waals surface area contributed by atoms with Crippen molar-refractivity contribution in [2.45, 2.75) is 26.7 Å². The average molecular weight is 403 g/mol. The topological polar surface area (TPSA) is 80.1 Å². The average Bonchev–Trinajstić information content (AvgIpc) is 3.20. The Hall–Kier alpha value is -3.48. The molecule has 0 aliphatic carbocycles. The smallest absolute Gasteiger partial charge is 0.253 e. The molecule has 0 atom stereocenters. The predicted molar refractivity (Wildman–Crippen MR) is 115 cm³/mol. The molecule has 2 amide bonds. The first-order chi connectivity index (χ1) is 14.5. The van der Waals surface area contributed by atoms with E-state index in [9.17, 15) is 9.59 Å². The lowest BCUT2D eigenvalue weighted by atomic mass is 9.95. The zero-order valence-electron chi connectivity index (χ0n) is 17.2. The van der Waals surface area contributed by atoms with Crippen molar-refractivity contribution in [2.75, 3.05) is 18.4 Å². The minimum absolute atomic E-state index is 0.00240. The van der Waals surface area contributed by atoms with Crippen LogP contribution < -0.4 is 5.32 Å². The Labute approximate surface area is 175 Å². The molecule has 7 heteroatoms. The summed E-state index contributed by atoms with van der Waals surface area (Å²) < 4.78 is 1.79. The van der Waals surface area contributed by atoms with Gasteiger partial charge in [-0.25, -0.2) is 9.67 Å². The maximum absolute atomic E-state index is 12.8. The molecule has 7 nitrogen and oxygen atoms in total. The van der Waals surface area contributed by atoms with Crippen LogP contribution >= 0.6 is 0 Å². The maximum atomic E-state index is 12.8. The minimum Gasteiger partial charge on any atom is -0.339 e. The first-order valence-corrected chi connectivity index (χ1v) is 10.1. The number of nitrogens with zero attached hydrogens (tertiary/aromatic N) is 4. The summed E-state index contributed by atoms with van der Waals surface area (Å²) in [5, 5.41) is 7.18. The number of benzene rings is 1. The summed E-state index contributed by atoms with van der Waals surface area (Å²) in [5.74, 6) is 0.434. The lowest BCUT2D eigenvalue weighted by molar-refractivity contribution is -0.121. The minimum atomic E-state index is -0.109. The number of rotatable bonds is 4. The van der Waals surface area contributed by atoms with E-state index in [1.807, 2.05) is 61.3 Å². The Morgan fingerprint density at radius 2 is 1.77 bits per heavy atom. The zero-order chi connectivity index (χ0) is 21.1. The van der Waals surface area contributed by atoms with Crippen molar-refractivity contribution < 1.29 is 9.59 Å². The molecule has 1 saturated heterocycles. The van der Waals surface area contributed by atoms with E-state index < -0.39 is 0 Å². The third-order valence-electron chi connectivity index (χ3n) is 5.41. The molecule has 1 aliphatic rings. The van der Waals surface area contributed by atoms with Crippen molar-refractivity contribution in [1.29, 1.82) is 0 Å². The molecule has 2 aromatic heterocycles. The summed E-state index contributed by atoms with van der Waals surface area (Å²) >= 11 is 0. The fourth-order valence-corrected chi connectivity index (χ4v) is 3.67. The molecule has 0 saturated carbocycles. The molecule has 30 heavy (non-hydrogen) atoms. The highest BCUT2D eigenvalue weighted by Gasteiger charge is 2.28. The Morgan fingerprint density at radius 3 is 2.40 bits per heavy atom. The van der Waals surface area contributed by atoms with Crippen LogP contribution in [0.5, 0.6) is 0 Å². The van der Waals surface area contributed by atoms with Gasteiger partial charge >= 0.3 is 0 Å². The van der Waals surface area contributed by atoms with E-state index in [1.54, 1.807) is 17.1 Å². The van der Waals surface area contributed by atoms with Gasteiger partial charge in [0.25, 0.3) is 5.91 Å². The molecule has 0 unspecified atom stereocenters. The number of pyridine rings is 1. The van der Waals surface area contributed by atoms with Gasteiger partial charge in [0.2, 0.25) is 5.91 Å². The lowest BCUT2D eigenvalue weighted by Crippen LogP contribution is -2.41. The Kier molecular flexibility index (Phi) is 5.61. The van der Waals surface area contributed by atoms with Crippen molar-refractivity contribution in [3.8, 4) is 5.69 Å². The second-order valence-electron chi connectivity index (χ2n) is 7.78. The van der Waals surface area contributed by atoms with Crippen molar-refractivity contribution in [2.24, 2.45) is 5.92 Å². The normalized spacial score (nSPS) is 14.5. The van der Waals surface area contributed by atoms with Crippen molar-refractivity contribution in [3.63, 3.8) is 0 Å². The number of aryl methyl sites for hydroxylation is 2. The molecule has 0 bridgehead atoms. The highest BCUT2D eigenvalue weighted by molar-refractivity contribution is 5.95. The Bertz CT molecular complexity index is 1050. The summed E-state index contributed by atoms with van der Waals surface area (Å²) in [6, 6.07) is 11.2. The van der Waals surface area contributed by atoms with E-state index in [4.69, 9.17) is 0 Å². The van der Waals surface area contributed by atoms with E-state index in [0.29, 0.717) is 37.3 Å². The van der Waals surface area contributed by atoms with Gasteiger partial charge in [-0.2, -0.15) is 5.10 Å². The number of hydrogen-bond donors (Lipinski definition) is 1. The van der Waals surface area contributed by atoms with Gasteiger partial charge in [0.15, 0.2) is 0 Å². The number of likely N-dealkylation sites (tertiary alicyclic amines) is 1. The SMILES string of the molecule is Cc1ccnc(NC(=O)C2CCN(C(=O)c3ccc(-n4cc(C)cn4)cc3)CC2)c1. The van der Waals surface area contributed by atoms with Crippen LogP contribution in [0, 0.1) is 19.8 Å². The first-order valence-electron chi connectivity index (χ1n) is 10.1. The number of nitrogens with one attached hydrogen (secondary N) is 1. The number of carbonyl (C=O) groups excluding carboxylic acids is 2. The first kappa shape index (κ1) is 19.8. The van der Waals surface area contributed by atoms with Crippen LogP contribution in [0.25, 0.3) is 5.69 Å². The third kappa shape index (κ3) is 4.40. The van der Waals surface area contributed by atoms with Gasteiger partial charge in [0.1, 0.15) is 5.82 Å². The monoisotopic (exact) mass is 403 g/mol. The highest BCUT2D eigenvalue weighted by atomic mass is 16.2. The van der Waals surface area contributed by atoms with Crippen LogP contribution in [0.2, 0.25) is 0 Å². The molecule has 1 fully saturated rings. The van der Waals surface area contributed by atoms with Gasteiger partial charge in [-0.15, -0.1) is 0 Å². The maximum Gasteiger partial charge on any atom is 0.253 e. The number of hydrogen-bond acceptors (Lipinski definition) is 4. The largest absolute Gasteiger partial charge is 0.339 e. The molecular weight excluding hydrogens is 378 g/mol. The number of piperidine rings is 1. The molecular formula is C23H25N5O2. The lowest BCUT2D eigenvalue weighted by Gasteiger charge is -2.31. The molecule has 154 valence electrons. The second-order valence-corrected chi connectivity index (χ2v) is 7.78. The fourth-order valence-electron chi connectivity index (χ4n) is 3.67. The van der Waals surface area contributed by atoms with Gasteiger partial charge in [-0.05, 0) is 74.2 Å². The summed E-state index contributed by atoms with van der Waals surface area (Å²) in [6.45, 7) is 5.09. The molecule has 0 radical (unpaired) electrons. The Balaban J connectivity index is 1.33. The molecule has 3 aromatic rings. The van der Waals surface area contributed by atoms with Crippen molar-refractivity contribution >= 4 is 17.6 Å². The molecule has 1 aromatic carbocycles. The van der Waals surface area contributed by atoms with Crippen LogP contribution in [-0.4, -0.2) is 44.6 Å². The van der Waals surface area contributed by atoms with Crippen LogP contribution in [0.1, 0.15) is 34.3 Å². The summed E-state index contributed by atoms with van der Waals surface area (Å²) in [6.07, 6.45) is 6.72. The van der Waals surface area contributed by atoms with E-state index in [2.05, 4.69) is 15.4 Å². The van der Waals surface area contributed by atoms with Gasteiger partial charge in [-0.1, -0.05) is 0 Å². The van der Waals surface area contributed by atoms with Gasteiger partial charge in [-0.3, -0.25) is 9.59 Å². The predicted octanol–water partition coefficient (Wildman–Crippen LogP) is 3.38. The molecule has 1 N–H and O–H groups in total. The summed E-state index contributed by atoms with van der Waals surface area (Å²) in [4.78, 5) is 31.4. The number of anilines is 1. The van der Waals surface area contributed by atoms with Crippen LogP contribution in [-0.2, 0) is 4.79 Å². The fraction of sp³-hybridized carbons (Fsp3) is 0.304. The number of carbonyl (C=O) groups is 2. The van der Waals surface area contributed by atoms with Crippen LogP contribution in [0.15, 0.2) is 55.0 Å². The second kappa shape index (κ2) is 8.49. The van der Waals surface area contributed by atoms with E-state index >= 15 is 0 Å². The highest BCUT2D eigenvalue weighted by Crippen LogP contribution is 2.21. The number of amides is 2. The number of aromatic nitrogens is 3. The van der Waals surface area contributed by atoms with Crippen LogP contribution in [0.4, 0.5) is 5.82 Å². The molecule has 0 spiro atoms. The Morgan fingerprint density at radius 1 is 1.03 bits per heavy atom. The zero-order valence-corrected chi connectivity index (χ0v) is 17.2. The third-order valence-corrected chi connectivity index (χ3v) is 5.41. The summed E-state index contributed by atoms with van der Waals surface area (Å²) in [7, 11) is 0. The quantitative estimate of drug-likeness (QED) is 0.724. The van der Waals surface area contributed by atoms with E-state index in [-0.39, 0.29) is 17.7 Å². The van der Waals surface area contributed by atoms with Gasteiger partial charge in [0, 0.05) is 37.0 Å². The van der Waals surface area contributed by atoms with Crippen LogP contribution in [0.3, 0.4) is 0 Å². The van der Waals surface area contributed by atoms with E-state index in [1.165, 1.54) is 0 Å². The van der Waals surface area contributed by atoms with Gasteiger partial charge < -0.3 is 10.2 Å².